The van der Waals surface area contributed by atoms with Gasteiger partial charge in [-0.25, -0.2) is 9.82 Å². The van der Waals surface area contributed by atoms with Crippen molar-refractivity contribution in [2.75, 3.05) is 19.6 Å². The molecule has 0 aromatic heterocycles. The molecule has 6 heteroatoms. The summed E-state index contributed by atoms with van der Waals surface area (Å²) < 4.78 is 14.2. The molecule has 122 valence electrons. The van der Waals surface area contributed by atoms with Crippen molar-refractivity contribution in [3.8, 4) is 0 Å². The predicted molar refractivity (Wildman–Crippen MR) is 84.6 cm³/mol. The van der Waals surface area contributed by atoms with Crippen LogP contribution in [0.5, 0.6) is 0 Å². The first kappa shape index (κ1) is 14.7. The predicted octanol–water partition coefficient (Wildman–Crippen LogP) is 1.07. The second-order valence-corrected chi connectivity index (χ2v) is 6.41. The van der Waals surface area contributed by atoms with Crippen LogP contribution in [0.25, 0.3) is 0 Å². The summed E-state index contributed by atoms with van der Waals surface area (Å²) in [6, 6.07) is 6.82. The summed E-state index contributed by atoms with van der Waals surface area (Å²) in [4.78, 5) is 12.2. The third-order valence-electron chi connectivity index (χ3n) is 5.05. The number of carbonyl (C=O) groups is 1. The molecule has 2 fully saturated rings. The quantitative estimate of drug-likeness (QED) is 0.764. The number of benzene rings is 1. The molecule has 0 saturated carbocycles. The van der Waals surface area contributed by atoms with E-state index >= 15 is 0 Å². The average molecular weight is 316 g/mol. The first-order chi connectivity index (χ1) is 11.2. The van der Waals surface area contributed by atoms with Gasteiger partial charge in [0.2, 0.25) is 5.91 Å². The van der Waals surface area contributed by atoms with Crippen LogP contribution in [0.1, 0.15) is 24.3 Å². The highest BCUT2D eigenvalue weighted by atomic mass is 19.1. The minimum atomic E-state index is -0.228. The van der Waals surface area contributed by atoms with Crippen molar-refractivity contribution in [1.29, 1.82) is 0 Å². The van der Waals surface area contributed by atoms with Crippen LogP contribution in [0.15, 0.2) is 36.0 Å². The van der Waals surface area contributed by atoms with E-state index < -0.39 is 0 Å². The topological polar surface area (TPSA) is 56.4 Å². The fraction of sp³-hybridized carbons (Fsp3) is 0.471. The lowest BCUT2D eigenvalue weighted by atomic mass is 9.90. The Labute approximate surface area is 134 Å². The number of halogens is 1. The Morgan fingerprint density at radius 3 is 2.74 bits per heavy atom. The van der Waals surface area contributed by atoms with Crippen LogP contribution < -0.4 is 16.1 Å². The van der Waals surface area contributed by atoms with Crippen molar-refractivity contribution in [2.24, 2.45) is 5.92 Å². The van der Waals surface area contributed by atoms with E-state index in [2.05, 4.69) is 21.1 Å². The molecule has 23 heavy (non-hydrogen) atoms. The molecular formula is C17H21FN4O. The maximum absolute atomic E-state index is 14.2. The number of fused-ring (bicyclic) bond motifs is 1. The van der Waals surface area contributed by atoms with Crippen LogP contribution >= 0.6 is 0 Å². The van der Waals surface area contributed by atoms with E-state index in [1.165, 1.54) is 6.07 Å². The molecule has 2 unspecified atom stereocenters. The van der Waals surface area contributed by atoms with E-state index in [0.717, 1.165) is 31.6 Å². The zero-order valence-electron chi connectivity index (χ0n) is 12.9. The number of allylic oxidation sites excluding steroid dienone is 1. The molecule has 0 radical (unpaired) electrons. The third-order valence-corrected chi connectivity index (χ3v) is 5.05. The SMILES string of the molecule is O=C1C=C(C2CCNCC2)N2NCC(c3ccccc3F)C2N1. The molecule has 3 aliphatic rings. The largest absolute Gasteiger partial charge is 0.330 e. The Morgan fingerprint density at radius 2 is 1.96 bits per heavy atom. The molecule has 2 atom stereocenters. The molecule has 1 aromatic rings. The van der Waals surface area contributed by atoms with E-state index in [0.29, 0.717) is 18.0 Å². The lowest BCUT2D eigenvalue weighted by Gasteiger charge is -2.39. The molecule has 3 heterocycles. The van der Waals surface area contributed by atoms with Gasteiger partial charge in [-0.05, 0) is 37.6 Å². The van der Waals surface area contributed by atoms with Crippen LogP contribution in [0, 0.1) is 11.7 Å². The molecule has 0 spiro atoms. The second kappa shape index (κ2) is 5.94. The number of hydrogen-bond donors (Lipinski definition) is 3. The fourth-order valence-corrected chi connectivity index (χ4v) is 3.88. The summed E-state index contributed by atoms with van der Waals surface area (Å²) in [7, 11) is 0. The van der Waals surface area contributed by atoms with Gasteiger partial charge in [0, 0.05) is 30.2 Å². The van der Waals surface area contributed by atoms with Crippen LogP contribution in [0.3, 0.4) is 0 Å². The first-order valence-corrected chi connectivity index (χ1v) is 8.24. The average Bonchev–Trinajstić information content (AvgIpc) is 2.99. The van der Waals surface area contributed by atoms with Crippen LogP contribution in [0.4, 0.5) is 4.39 Å². The Hall–Kier alpha value is -1.92. The smallest absolute Gasteiger partial charge is 0.247 e. The van der Waals surface area contributed by atoms with Crippen molar-refractivity contribution in [3.05, 3.63) is 47.4 Å². The van der Waals surface area contributed by atoms with E-state index in [9.17, 15) is 9.18 Å². The summed E-state index contributed by atoms with van der Waals surface area (Å²) in [6.07, 6.45) is 3.51. The summed E-state index contributed by atoms with van der Waals surface area (Å²) in [5.41, 5.74) is 5.06. The summed E-state index contributed by atoms with van der Waals surface area (Å²) in [6.45, 7) is 2.56. The zero-order chi connectivity index (χ0) is 15.8. The number of amides is 1. The monoisotopic (exact) mass is 316 g/mol. The van der Waals surface area contributed by atoms with Gasteiger partial charge in [0.1, 0.15) is 12.0 Å². The highest BCUT2D eigenvalue weighted by Crippen LogP contribution is 2.35. The van der Waals surface area contributed by atoms with Gasteiger partial charge >= 0.3 is 0 Å². The van der Waals surface area contributed by atoms with E-state index in [1.54, 1.807) is 18.2 Å². The van der Waals surface area contributed by atoms with Crippen molar-refractivity contribution in [3.63, 3.8) is 0 Å². The van der Waals surface area contributed by atoms with Gasteiger partial charge in [0.25, 0.3) is 0 Å². The Bertz CT molecular complexity index is 641. The summed E-state index contributed by atoms with van der Waals surface area (Å²) in [5.74, 6) is -0.0135. The molecule has 3 N–H and O–H groups in total. The summed E-state index contributed by atoms with van der Waals surface area (Å²) in [5, 5.41) is 8.39. The minimum Gasteiger partial charge on any atom is -0.330 e. The van der Waals surface area contributed by atoms with Crippen LogP contribution in [-0.4, -0.2) is 36.7 Å². The highest BCUT2D eigenvalue weighted by molar-refractivity contribution is 5.89. The zero-order valence-corrected chi connectivity index (χ0v) is 12.9. The number of nitrogens with zero attached hydrogens (tertiary/aromatic N) is 1. The van der Waals surface area contributed by atoms with E-state index in [1.807, 2.05) is 6.07 Å². The highest BCUT2D eigenvalue weighted by Gasteiger charge is 2.42. The number of hydrazine groups is 1. The molecule has 2 saturated heterocycles. The second-order valence-electron chi connectivity index (χ2n) is 6.41. The van der Waals surface area contributed by atoms with Gasteiger partial charge in [0.15, 0.2) is 0 Å². The fourth-order valence-electron chi connectivity index (χ4n) is 3.88. The van der Waals surface area contributed by atoms with Crippen molar-refractivity contribution >= 4 is 5.91 Å². The number of carbonyl (C=O) groups excluding carboxylic acids is 1. The maximum Gasteiger partial charge on any atom is 0.247 e. The Kier molecular flexibility index (Phi) is 3.79. The van der Waals surface area contributed by atoms with E-state index in [-0.39, 0.29) is 23.8 Å². The van der Waals surface area contributed by atoms with E-state index in [4.69, 9.17) is 0 Å². The Balaban J connectivity index is 1.62. The molecule has 5 nitrogen and oxygen atoms in total. The molecule has 1 amide bonds. The van der Waals surface area contributed by atoms with Gasteiger partial charge in [0.05, 0.1) is 0 Å². The van der Waals surface area contributed by atoms with Gasteiger partial charge < -0.3 is 10.6 Å². The van der Waals surface area contributed by atoms with Crippen molar-refractivity contribution in [2.45, 2.75) is 24.9 Å². The standard InChI is InChI=1S/C17H21FN4O/c18-14-4-2-1-3-12(14)13-10-20-22-15(9-16(23)21-17(13)22)11-5-7-19-8-6-11/h1-4,9,11,13,17,19-20H,5-8,10H2,(H,21,23). The summed E-state index contributed by atoms with van der Waals surface area (Å²) >= 11 is 0. The van der Waals surface area contributed by atoms with Crippen LogP contribution in [0.2, 0.25) is 0 Å². The lowest BCUT2D eigenvalue weighted by Crippen LogP contribution is -2.53. The van der Waals surface area contributed by atoms with Gasteiger partial charge in [-0.2, -0.15) is 0 Å². The third kappa shape index (κ3) is 2.62. The number of piperidine rings is 1. The maximum atomic E-state index is 14.2. The first-order valence-electron chi connectivity index (χ1n) is 8.24. The lowest BCUT2D eigenvalue weighted by molar-refractivity contribution is -0.119. The minimum absolute atomic E-state index is 0.0789. The molecule has 0 aliphatic carbocycles. The number of nitrogens with one attached hydrogen (secondary N) is 3. The van der Waals surface area contributed by atoms with Gasteiger partial charge in [-0.1, -0.05) is 18.2 Å². The van der Waals surface area contributed by atoms with Crippen molar-refractivity contribution in [1.82, 2.24) is 21.1 Å². The Morgan fingerprint density at radius 1 is 1.17 bits per heavy atom. The van der Waals surface area contributed by atoms with Crippen molar-refractivity contribution < 1.29 is 9.18 Å². The van der Waals surface area contributed by atoms with Gasteiger partial charge in [-0.3, -0.25) is 9.80 Å². The molecular weight excluding hydrogens is 295 g/mol. The molecule has 3 aliphatic heterocycles. The molecule has 0 bridgehead atoms. The number of rotatable bonds is 2. The normalized spacial score (nSPS) is 28.3. The molecule has 4 rings (SSSR count). The molecule has 1 aromatic carbocycles. The number of hydrogen-bond acceptors (Lipinski definition) is 4. The van der Waals surface area contributed by atoms with Crippen LogP contribution in [-0.2, 0) is 4.79 Å². The van der Waals surface area contributed by atoms with Gasteiger partial charge in [-0.15, -0.1) is 0 Å².